The van der Waals surface area contributed by atoms with Crippen molar-refractivity contribution in [2.75, 3.05) is 7.05 Å². The van der Waals surface area contributed by atoms with Crippen LogP contribution in [0.2, 0.25) is 0 Å². The van der Waals surface area contributed by atoms with Crippen molar-refractivity contribution in [3.8, 4) is 0 Å². The molecule has 0 heterocycles. The second-order valence-electron chi connectivity index (χ2n) is 4.95. The van der Waals surface area contributed by atoms with Gasteiger partial charge in [-0.1, -0.05) is 0 Å². The third-order valence-electron chi connectivity index (χ3n) is 2.07. The van der Waals surface area contributed by atoms with Gasteiger partial charge in [0.15, 0.2) is 0 Å². The number of nitrogens with zero attached hydrogens (tertiary/aromatic N) is 1. The minimum Gasteiger partial charge on any atom is -0.458 e. The summed E-state index contributed by atoms with van der Waals surface area (Å²) >= 11 is 0. The predicted octanol–water partition coefficient (Wildman–Crippen LogP) is 0.522. The van der Waals surface area contributed by atoms with Gasteiger partial charge in [-0.2, -0.15) is 0 Å². The maximum Gasteiger partial charge on any atom is 0.329 e. The largest absolute Gasteiger partial charge is 0.458 e. The molecule has 0 saturated carbocycles. The van der Waals surface area contributed by atoms with Crippen molar-refractivity contribution in [2.24, 2.45) is 5.73 Å². The summed E-state index contributed by atoms with van der Waals surface area (Å²) < 4.78 is 5.18. The third kappa shape index (κ3) is 4.61. The molecule has 1 amide bonds. The lowest BCUT2D eigenvalue weighted by Gasteiger charge is -2.28. The number of amides is 1. The van der Waals surface area contributed by atoms with Gasteiger partial charge in [-0.15, -0.1) is 0 Å². The third-order valence-corrected chi connectivity index (χ3v) is 2.07. The zero-order valence-corrected chi connectivity index (χ0v) is 10.9. The lowest BCUT2D eigenvalue weighted by atomic mass is 10.2. The summed E-state index contributed by atoms with van der Waals surface area (Å²) in [7, 11) is 1.54. The standard InChI is InChI=1S/C11H22N2O3/c1-7(12)9(14)13(6)8(2)10(15)16-11(3,4)5/h7-8H,12H2,1-6H3/t7-,8-/m0/s1. The summed E-state index contributed by atoms with van der Waals surface area (Å²) in [5, 5.41) is 0. The van der Waals surface area contributed by atoms with Crippen LogP contribution >= 0.6 is 0 Å². The molecule has 0 rings (SSSR count). The van der Waals surface area contributed by atoms with Gasteiger partial charge in [0.25, 0.3) is 0 Å². The Morgan fingerprint density at radius 2 is 1.69 bits per heavy atom. The highest BCUT2D eigenvalue weighted by atomic mass is 16.6. The first-order valence-corrected chi connectivity index (χ1v) is 5.31. The molecule has 5 heteroatoms. The van der Waals surface area contributed by atoms with E-state index >= 15 is 0 Å². The summed E-state index contributed by atoms with van der Waals surface area (Å²) in [5.41, 5.74) is 4.91. The maximum atomic E-state index is 11.7. The molecule has 0 aliphatic carbocycles. The fourth-order valence-electron chi connectivity index (χ4n) is 1.06. The van der Waals surface area contributed by atoms with Crippen LogP contribution in [0.3, 0.4) is 0 Å². The minimum atomic E-state index is -0.627. The highest BCUT2D eigenvalue weighted by molar-refractivity contribution is 5.86. The first-order valence-electron chi connectivity index (χ1n) is 5.31. The molecule has 0 aliphatic heterocycles. The lowest BCUT2D eigenvalue weighted by molar-refractivity contribution is -0.163. The summed E-state index contributed by atoms with van der Waals surface area (Å²) in [4.78, 5) is 24.5. The van der Waals surface area contributed by atoms with Crippen molar-refractivity contribution < 1.29 is 14.3 Å². The first kappa shape index (κ1) is 14.9. The van der Waals surface area contributed by atoms with Crippen molar-refractivity contribution in [3.63, 3.8) is 0 Å². The molecule has 0 saturated heterocycles. The van der Waals surface area contributed by atoms with Gasteiger partial charge in [-0.3, -0.25) is 4.79 Å². The van der Waals surface area contributed by atoms with Crippen LogP contribution in [0.1, 0.15) is 34.6 Å². The predicted molar refractivity (Wildman–Crippen MR) is 61.7 cm³/mol. The second-order valence-corrected chi connectivity index (χ2v) is 4.95. The van der Waals surface area contributed by atoms with Gasteiger partial charge in [0.1, 0.15) is 11.6 Å². The molecule has 2 N–H and O–H groups in total. The van der Waals surface area contributed by atoms with Crippen LogP contribution in [0.4, 0.5) is 0 Å². The average Bonchev–Trinajstić information content (AvgIpc) is 2.11. The van der Waals surface area contributed by atoms with E-state index in [-0.39, 0.29) is 5.91 Å². The van der Waals surface area contributed by atoms with Crippen LogP contribution < -0.4 is 5.73 Å². The van der Waals surface area contributed by atoms with E-state index in [2.05, 4.69) is 0 Å². The van der Waals surface area contributed by atoms with Crippen LogP contribution in [-0.4, -0.2) is 41.5 Å². The summed E-state index contributed by atoms with van der Waals surface area (Å²) in [6.45, 7) is 8.55. The number of ether oxygens (including phenoxy) is 1. The Morgan fingerprint density at radius 3 is 2.00 bits per heavy atom. The smallest absolute Gasteiger partial charge is 0.329 e. The molecule has 0 unspecified atom stereocenters. The molecular weight excluding hydrogens is 208 g/mol. The van der Waals surface area contributed by atoms with E-state index in [1.54, 1.807) is 41.7 Å². The summed E-state index contributed by atoms with van der Waals surface area (Å²) in [5.74, 6) is -0.706. The monoisotopic (exact) mass is 230 g/mol. The minimum absolute atomic E-state index is 0.279. The van der Waals surface area contributed by atoms with Crippen molar-refractivity contribution in [3.05, 3.63) is 0 Å². The number of rotatable bonds is 3. The molecule has 94 valence electrons. The van der Waals surface area contributed by atoms with E-state index in [9.17, 15) is 9.59 Å². The zero-order valence-electron chi connectivity index (χ0n) is 10.9. The molecule has 0 aromatic heterocycles. The highest BCUT2D eigenvalue weighted by Crippen LogP contribution is 2.10. The number of carbonyl (C=O) groups is 2. The Bertz CT molecular complexity index is 269. The summed E-state index contributed by atoms with van der Waals surface area (Å²) in [6.07, 6.45) is 0. The van der Waals surface area contributed by atoms with Crippen molar-refractivity contribution in [2.45, 2.75) is 52.3 Å². The quantitative estimate of drug-likeness (QED) is 0.717. The van der Waals surface area contributed by atoms with Crippen LogP contribution in [0.25, 0.3) is 0 Å². The lowest BCUT2D eigenvalue weighted by Crippen LogP contribution is -2.48. The number of carbonyl (C=O) groups excluding carboxylic acids is 2. The average molecular weight is 230 g/mol. The number of nitrogens with two attached hydrogens (primary N) is 1. The van der Waals surface area contributed by atoms with Crippen molar-refractivity contribution in [1.29, 1.82) is 0 Å². The highest BCUT2D eigenvalue weighted by Gasteiger charge is 2.28. The van der Waals surface area contributed by atoms with E-state index in [0.717, 1.165) is 0 Å². The molecule has 5 nitrogen and oxygen atoms in total. The number of hydrogen-bond acceptors (Lipinski definition) is 4. The summed E-state index contributed by atoms with van der Waals surface area (Å²) in [6, 6.07) is -1.24. The van der Waals surface area contributed by atoms with Crippen LogP contribution in [0, 0.1) is 0 Å². The Balaban J connectivity index is 4.50. The molecule has 0 spiro atoms. The van der Waals surface area contributed by atoms with Crippen LogP contribution in [0.15, 0.2) is 0 Å². The number of hydrogen-bond donors (Lipinski definition) is 1. The Labute approximate surface area is 96.9 Å². The van der Waals surface area contributed by atoms with Gasteiger partial charge in [0, 0.05) is 7.05 Å². The fourth-order valence-corrected chi connectivity index (χ4v) is 1.06. The molecule has 0 fully saturated rings. The fraction of sp³-hybridized carbons (Fsp3) is 0.818. The van der Waals surface area contributed by atoms with Crippen molar-refractivity contribution >= 4 is 11.9 Å². The van der Waals surface area contributed by atoms with Gasteiger partial charge in [0.05, 0.1) is 6.04 Å². The van der Waals surface area contributed by atoms with Gasteiger partial charge in [-0.25, -0.2) is 4.79 Å². The second kappa shape index (κ2) is 5.30. The van der Waals surface area contributed by atoms with E-state index < -0.39 is 23.7 Å². The Kier molecular flexibility index (Phi) is 4.93. The molecule has 0 aromatic rings. The zero-order chi connectivity index (χ0) is 13.1. The number of likely N-dealkylation sites (N-methyl/N-ethyl adjacent to an activating group) is 1. The Morgan fingerprint density at radius 1 is 1.25 bits per heavy atom. The molecule has 0 aliphatic rings. The van der Waals surface area contributed by atoms with Gasteiger partial charge in [0.2, 0.25) is 5.91 Å². The molecular formula is C11H22N2O3. The van der Waals surface area contributed by atoms with Crippen LogP contribution in [-0.2, 0) is 14.3 Å². The van der Waals surface area contributed by atoms with E-state index in [4.69, 9.17) is 10.5 Å². The van der Waals surface area contributed by atoms with Gasteiger partial charge in [-0.05, 0) is 34.6 Å². The molecule has 2 atom stereocenters. The van der Waals surface area contributed by atoms with E-state index in [1.807, 2.05) is 0 Å². The van der Waals surface area contributed by atoms with Gasteiger partial charge < -0.3 is 15.4 Å². The molecule has 0 aromatic carbocycles. The Hall–Kier alpha value is -1.10. The normalized spacial score (nSPS) is 15.2. The topological polar surface area (TPSA) is 72.6 Å². The van der Waals surface area contributed by atoms with E-state index in [0.29, 0.717) is 0 Å². The maximum absolute atomic E-state index is 11.7. The molecule has 0 radical (unpaired) electrons. The number of esters is 1. The van der Waals surface area contributed by atoms with Crippen molar-refractivity contribution in [1.82, 2.24) is 4.90 Å². The molecule has 16 heavy (non-hydrogen) atoms. The van der Waals surface area contributed by atoms with E-state index in [1.165, 1.54) is 4.90 Å². The SMILES string of the molecule is C[C@H](N)C(=O)N(C)[C@@H](C)C(=O)OC(C)(C)C. The molecule has 0 bridgehead atoms. The first-order chi connectivity index (χ1) is 7.06. The van der Waals surface area contributed by atoms with Gasteiger partial charge >= 0.3 is 5.97 Å². The van der Waals surface area contributed by atoms with Crippen LogP contribution in [0.5, 0.6) is 0 Å².